The molecule has 18 heavy (non-hydrogen) atoms. The van der Waals surface area contributed by atoms with Gasteiger partial charge in [-0.05, 0) is 18.2 Å². The molecule has 2 heterocycles. The van der Waals surface area contributed by atoms with Crippen LogP contribution in [-0.2, 0) is 0 Å². The fraction of sp³-hybridized carbons (Fsp3) is 0. The first-order valence-corrected chi connectivity index (χ1v) is 5.53. The molecular formula is C11H8ClN5O. The summed E-state index contributed by atoms with van der Waals surface area (Å²) in [6.45, 7) is 0. The Morgan fingerprint density at radius 2 is 2.17 bits per heavy atom. The summed E-state index contributed by atoms with van der Waals surface area (Å²) in [7, 11) is 0. The van der Waals surface area contributed by atoms with E-state index in [0.717, 1.165) is 5.69 Å². The predicted molar refractivity (Wildman–Crippen MR) is 68.1 cm³/mol. The maximum atomic E-state index is 9.43. The molecule has 0 aliphatic heterocycles. The molecule has 0 radical (unpaired) electrons. The molecule has 0 saturated heterocycles. The van der Waals surface area contributed by atoms with E-state index in [0.29, 0.717) is 22.0 Å². The molecule has 0 aliphatic rings. The van der Waals surface area contributed by atoms with Gasteiger partial charge in [0.1, 0.15) is 0 Å². The Labute approximate surface area is 107 Å². The lowest BCUT2D eigenvalue weighted by atomic mass is 10.3. The van der Waals surface area contributed by atoms with E-state index in [9.17, 15) is 5.11 Å². The summed E-state index contributed by atoms with van der Waals surface area (Å²) in [4.78, 5) is 14.6. The number of nitrogens with zero attached hydrogens (tertiary/aromatic N) is 3. The molecule has 0 spiro atoms. The van der Waals surface area contributed by atoms with Crippen LogP contribution in [0, 0.1) is 0 Å². The Balaban J connectivity index is 2.06. The number of H-pyrrole nitrogens is 1. The van der Waals surface area contributed by atoms with Gasteiger partial charge >= 0.3 is 6.01 Å². The van der Waals surface area contributed by atoms with Crippen LogP contribution in [0.3, 0.4) is 0 Å². The molecule has 0 saturated carbocycles. The van der Waals surface area contributed by atoms with Crippen LogP contribution in [0.15, 0.2) is 30.6 Å². The van der Waals surface area contributed by atoms with Crippen molar-refractivity contribution in [3.63, 3.8) is 0 Å². The normalized spacial score (nSPS) is 10.7. The minimum Gasteiger partial charge on any atom is -0.479 e. The highest BCUT2D eigenvalue weighted by Gasteiger charge is 2.09. The fourth-order valence-corrected chi connectivity index (χ4v) is 1.80. The van der Waals surface area contributed by atoms with E-state index in [2.05, 4.69) is 25.3 Å². The van der Waals surface area contributed by atoms with Crippen LogP contribution < -0.4 is 5.32 Å². The fourth-order valence-electron chi connectivity index (χ4n) is 1.61. The number of imidazole rings is 1. The average Bonchev–Trinajstić information content (AvgIpc) is 2.77. The summed E-state index contributed by atoms with van der Waals surface area (Å²) in [5.41, 5.74) is 1.77. The summed E-state index contributed by atoms with van der Waals surface area (Å²) in [6, 6.07) is 6.85. The molecule has 0 bridgehead atoms. The number of aromatic hydroxyl groups is 1. The monoisotopic (exact) mass is 261 g/mol. The molecule has 0 aliphatic carbocycles. The van der Waals surface area contributed by atoms with Crippen LogP contribution >= 0.6 is 11.6 Å². The summed E-state index contributed by atoms with van der Waals surface area (Å²) in [5, 5.41) is 13.1. The van der Waals surface area contributed by atoms with Gasteiger partial charge in [-0.1, -0.05) is 17.7 Å². The molecule has 7 heteroatoms. The van der Waals surface area contributed by atoms with Crippen molar-refractivity contribution in [3.8, 4) is 6.01 Å². The highest BCUT2D eigenvalue weighted by molar-refractivity contribution is 6.30. The quantitative estimate of drug-likeness (QED) is 0.660. The van der Waals surface area contributed by atoms with Crippen molar-refractivity contribution in [1.82, 2.24) is 19.9 Å². The molecule has 3 N–H and O–H groups in total. The standard InChI is InChI=1S/C11H8ClN5O/c12-6-2-1-3-7(4-6)15-10-8-9(14-5-13-8)16-11(18)17-10/h1-5H,(H3,13,14,15,16,17,18). The zero-order chi connectivity index (χ0) is 12.5. The number of hydrogen-bond acceptors (Lipinski definition) is 5. The summed E-state index contributed by atoms with van der Waals surface area (Å²) < 4.78 is 0. The zero-order valence-corrected chi connectivity index (χ0v) is 9.81. The van der Waals surface area contributed by atoms with Gasteiger partial charge in [0.2, 0.25) is 0 Å². The van der Waals surface area contributed by atoms with E-state index >= 15 is 0 Å². The highest BCUT2D eigenvalue weighted by atomic mass is 35.5. The van der Waals surface area contributed by atoms with E-state index in [-0.39, 0.29) is 6.01 Å². The number of halogens is 1. The molecule has 2 aromatic heterocycles. The van der Waals surface area contributed by atoms with E-state index in [1.165, 1.54) is 6.33 Å². The van der Waals surface area contributed by atoms with Crippen LogP contribution in [0.4, 0.5) is 11.5 Å². The van der Waals surface area contributed by atoms with Crippen LogP contribution in [0.2, 0.25) is 5.02 Å². The maximum absolute atomic E-state index is 9.43. The molecule has 0 unspecified atom stereocenters. The van der Waals surface area contributed by atoms with Crippen LogP contribution in [0.1, 0.15) is 0 Å². The Kier molecular flexibility index (Phi) is 2.49. The van der Waals surface area contributed by atoms with Gasteiger partial charge < -0.3 is 15.4 Å². The number of hydrogen-bond donors (Lipinski definition) is 3. The largest absolute Gasteiger partial charge is 0.479 e. The summed E-state index contributed by atoms with van der Waals surface area (Å²) >= 11 is 5.90. The summed E-state index contributed by atoms with van der Waals surface area (Å²) in [5.74, 6) is 0.418. The van der Waals surface area contributed by atoms with Gasteiger partial charge in [-0.3, -0.25) is 0 Å². The molecule has 1 aromatic carbocycles. The van der Waals surface area contributed by atoms with E-state index < -0.39 is 0 Å². The molecular weight excluding hydrogens is 254 g/mol. The number of fused-ring (bicyclic) bond motifs is 1. The van der Waals surface area contributed by atoms with Crippen molar-refractivity contribution in [2.75, 3.05) is 5.32 Å². The second-order valence-electron chi connectivity index (χ2n) is 3.61. The lowest BCUT2D eigenvalue weighted by Crippen LogP contribution is -1.96. The third kappa shape index (κ3) is 1.93. The Morgan fingerprint density at radius 1 is 1.28 bits per heavy atom. The number of aromatic amines is 1. The summed E-state index contributed by atoms with van der Waals surface area (Å²) in [6.07, 6.45) is 1.49. The number of anilines is 2. The minimum atomic E-state index is -0.323. The number of aromatic nitrogens is 4. The molecule has 0 fully saturated rings. The molecule has 90 valence electrons. The zero-order valence-electron chi connectivity index (χ0n) is 9.05. The van der Waals surface area contributed by atoms with Crippen molar-refractivity contribution >= 4 is 34.3 Å². The van der Waals surface area contributed by atoms with E-state index in [1.54, 1.807) is 12.1 Å². The topological polar surface area (TPSA) is 86.7 Å². The third-order valence-corrected chi connectivity index (χ3v) is 2.59. The van der Waals surface area contributed by atoms with Gasteiger partial charge in [-0.25, -0.2) is 4.98 Å². The van der Waals surface area contributed by atoms with Gasteiger partial charge in [0, 0.05) is 10.7 Å². The number of rotatable bonds is 2. The Hall–Kier alpha value is -2.34. The first-order valence-electron chi connectivity index (χ1n) is 5.15. The van der Waals surface area contributed by atoms with Gasteiger partial charge in [0.15, 0.2) is 17.0 Å². The SMILES string of the molecule is Oc1nc(Nc2cccc(Cl)c2)c2nc[nH]c2n1. The maximum Gasteiger partial charge on any atom is 0.317 e. The smallest absolute Gasteiger partial charge is 0.317 e. The van der Waals surface area contributed by atoms with Crippen molar-refractivity contribution in [2.45, 2.75) is 0 Å². The molecule has 3 aromatic rings. The van der Waals surface area contributed by atoms with Crippen molar-refractivity contribution in [2.24, 2.45) is 0 Å². The van der Waals surface area contributed by atoms with Crippen LogP contribution in [0.5, 0.6) is 6.01 Å². The van der Waals surface area contributed by atoms with Gasteiger partial charge in [-0.2, -0.15) is 9.97 Å². The third-order valence-electron chi connectivity index (χ3n) is 2.35. The van der Waals surface area contributed by atoms with Crippen molar-refractivity contribution in [1.29, 1.82) is 0 Å². The first kappa shape index (κ1) is 10.8. The Bertz CT molecular complexity index is 711. The van der Waals surface area contributed by atoms with Gasteiger partial charge in [-0.15, -0.1) is 0 Å². The van der Waals surface area contributed by atoms with E-state index in [1.807, 2.05) is 12.1 Å². The second kappa shape index (κ2) is 4.15. The second-order valence-corrected chi connectivity index (χ2v) is 4.04. The Morgan fingerprint density at radius 3 is 3.00 bits per heavy atom. The number of nitrogens with one attached hydrogen (secondary N) is 2. The predicted octanol–water partition coefficient (Wildman–Crippen LogP) is 2.46. The first-order chi connectivity index (χ1) is 8.72. The lowest BCUT2D eigenvalue weighted by Gasteiger charge is -2.06. The highest BCUT2D eigenvalue weighted by Crippen LogP contribution is 2.24. The molecule has 6 nitrogen and oxygen atoms in total. The van der Waals surface area contributed by atoms with Crippen LogP contribution in [0.25, 0.3) is 11.2 Å². The molecule has 0 atom stereocenters. The lowest BCUT2D eigenvalue weighted by molar-refractivity contribution is 0.433. The molecule has 0 amide bonds. The number of benzene rings is 1. The molecule has 3 rings (SSSR count). The average molecular weight is 262 g/mol. The van der Waals surface area contributed by atoms with Crippen LogP contribution in [-0.4, -0.2) is 25.0 Å². The van der Waals surface area contributed by atoms with Crippen molar-refractivity contribution < 1.29 is 5.11 Å². The minimum absolute atomic E-state index is 0.323. The van der Waals surface area contributed by atoms with Gasteiger partial charge in [0.25, 0.3) is 0 Å². The van der Waals surface area contributed by atoms with Crippen molar-refractivity contribution in [3.05, 3.63) is 35.6 Å². The van der Waals surface area contributed by atoms with Gasteiger partial charge in [0.05, 0.1) is 6.33 Å². The van der Waals surface area contributed by atoms with E-state index in [4.69, 9.17) is 11.6 Å².